The van der Waals surface area contributed by atoms with Gasteiger partial charge in [-0.3, -0.25) is 14.6 Å². The molecule has 4 heterocycles. The largest absolute Gasteiger partial charge is 0.352 e. The van der Waals surface area contributed by atoms with Gasteiger partial charge in [0.2, 0.25) is 11.9 Å². The van der Waals surface area contributed by atoms with Crippen LogP contribution >= 0.6 is 11.3 Å². The van der Waals surface area contributed by atoms with Crippen LogP contribution in [0.4, 0.5) is 10.3 Å². The maximum atomic E-state index is 13.3. The van der Waals surface area contributed by atoms with Crippen LogP contribution in [0.1, 0.15) is 43.2 Å². The van der Waals surface area contributed by atoms with Gasteiger partial charge in [-0.05, 0) is 29.5 Å². The summed E-state index contributed by atoms with van der Waals surface area (Å²) in [6.45, 7) is 6.75. The number of halogens is 1. The van der Waals surface area contributed by atoms with Crippen LogP contribution in [-0.2, 0) is 11.3 Å². The molecule has 3 aromatic rings. The monoisotopic (exact) mass is 444 g/mol. The van der Waals surface area contributed by atoms with E-state index in [4.69, 9.17) is 0 Å². The second-order valence-electron chi connectivity index (χ2n) is 6.83. The average molecular weight is 445 g/mol. The van der Waals surface area contributed by atoms with Crippen molar-refractivity contribution < 1.29 is 14.0 Å². The van der Waals surface area contributed by atoms with Crippen molar-refractivity contribution in [1.29, 1.82) is 0 Å². The highest BCUT2D eigenvalue weighted by molar-refractivity contribution is 7.17. The van der Waals surface area contributed by atoms with Gasteiger partial charge in [0.05, 0.1) is 16.4 Å². The van der Waals surface area contributed by atoms with Gasteiger partial charge in [-0.15, -0.1) is 11.3 Å². The average Bonchev–Trinajstić information content (AvgIpc) is 3.42. The van der Waals surface area contributed by atoms with E-state index in [-0.39, 0.29) is 24.4 Å². The lowest BCUT2D eigenvalue weighted by atomic mass is 10.2. The lowest BCUT2D eigenvalue weighted by molar-refractivity contribution is -0.119. The SMILES string of the molecule is CC.CC(=O)N[C@@H]1CCN(C(=O)c2nc(NCc3cncc(F)c3)nc3ccsc23)C1. The molecule has 2 amide bonds. The molecular weight excluding hydrogens is 419 g/mol. The van der Waals surface area contributed by atoms with Crippen molar-refractivity contribution in [2.75, 3.05) is 18.4 Å². The molecule has 0 aliphatic carbocycles. The summed E-state index contributed by atoms with van der Waals surface area (Å²) in [7, 11) is 0. The zero-order valence-corrected chi connectivity index (χ0v) is 18.5. The molecule has 164 valence electrons. The van der Waals surface area contributed by atoms with Gasteiger partial charge in [-0.2, -0.15) is 0 Å². The van der Waals surface area contributed by atoms with Gasteiger partial charge in [0.25, 0.3) is 5.91 Å². The van der Waals surface area contributed by atoms with Crippen molar-refractivity contribution in [3.63, 3.8) is 0 Å². The van der Waals surface area contributed by atoms with Crippen molar-refractivity contribution in [1.82, 2.24) is 25.2 Å². The highest BCUT2D eigenvalue weighted by atomic mass is 32.1. The van der Waals surface area contributed by atoms with Gasteiger partial charge >= 0.3 is 0 Å². The minimum Gasteiger partial charge on any atom is -0.352 e. The molecule has 0 unspecified atom stereocenters. The molecule has 31 heavy (non-hydrogen) atoms. The molecule has 0 saturated carbocycles. The first-order valence-corrected chi connectivity index (χ1v) is 11.0. The highest BCUT2D eigenvalue weighted by Crippen LogP contribution is 2.26. The predicted octanol–water partition coefficient (Wildman–Crippen LogP) is 3.21. The number of fused-ring (bicyclic) bond motifs is 1. The van der Waals surface area contributed by atoms with Gasteiger partial charge in [0.15, 0.2) is 5.69 Å². The Morgan fingerprint density at radius 1 is 1.29 bits per heavy atom. The van der Waals surface area contributed by atoms with Crippen LogP contribution in [0, 0.1) is 5.82 Å². The van der Waals surface area contributed by atoms with Gasteiger partial charge in [0, 0.05) is 38.8 Å². The van der Waals surface area contributed by atoms with E-state index >= 15 is 0 Å². The predicted molar refractivity (Wildman–Crippen MR) is 118 cm³/mol. The molecule has 2 N–H and O–H groups in total. The molecule has 1 saturated heterocycles. The molecule has 1 aliphatic heterocycles. The molecule has 1 fully saturated rings. The first kappa shape index (κ1) is 22.5. The zero-order valence-electron chi connectivity index (χ0n) is 17.7. The molecule has 0 aromatic carbocycles. The van der Waals surface area contributed by atoms with E-state index in [2.05, 4.69) is 25.6 Å². The Kier molecular flexibility index (Phi) is 7.45. The van der Waals surface area contributed by atoms with Gasteiger partial charge in [0.1, 0.15) is 5.82 Å². The van der Waals surface area contributed by atoms with Crippen molar-refractivity contribution in [2.45, 2.75) is 39.8 Å². The third-order valence-electron chi connectivity index (χ3n) is 4.60. The molecule has 0 bridgehead atoms. The number of amides is 2. The maximum Gasteiger partial charge on any atom is 0.274 e. The van der Waals surface area contributed by atoms with Crippen molar-refractivity contribution in [2.24, 2.45) is 0 Å². The Morgan fingerprint density at radius 2 is 2.10 bits per heavy atom. The Labute approximate surface area is 183 Å². The Balaban J connectivity index is 0.00000132. The number of rotatable bonds is 5. The van der Waals surface area contributed by atoms with E-state index in [0.29, 0.717) is 42.2 Å². The van der Waals surface area contributed by atoms with Crippen molar-refractivity contribution in [3.8, 4) is 0 Å². The van der Waals surface area contributed by atoms with Crippen molar-refractivity contribution in [3.05, 3.63) is 47.0 Å². The number of pyridine rings is 1. The van der Waals surface area contributed by atoms with Gasteiger partial charge in [-0.1, -0.05) is 13.8 Å². The number of hydrogen-bond donors (Lipinski definition) is 2. The number of nitrogens with zero attached hydrogens (tertiary/aromatic N) is 4. The first-order chi connectivity index (χ1) is 15.0. The van der Waals surface area contributed by atoms with Crippen molar-refractivity contribution >= 4 is 39.3 Å². The fourth-order valence-electron chi connectivity index (χ4n) is 3.32. The summed E-state index contributed by atoms with van der Waals surface area (Å²) in [6.07, 6.45) is 3.40. The lowest BCUT2D eigenvalue weighted by Crippen LogP contribution is -2.37. The summed E-state index contributed by atoms with van der Waals surface area (Å²) in [5, 5.41) is 7.75. The quantitative estimate of drug-likeness (QED) is 0.627. The smallest absolute Gasteiger partial charge is 0.274 e. The van der Waals surface area contributed by atoms with Gasteiger partial charge < -0.3 is 15.5 Å². The first-order valence-electron chi connectivity index (χ1n) is 10.1. The summed E-state index contributed by atoms with van der Waals surface area (Å²) in [5.41, 5.74) is 1.64. The molecule has 0 radical (unpaired) electrons. The second kappa shape index (κ2) is 10.3. The number of thiophene rings is 1. The Morgan fingerprint density at radius 3 is 2.84 bits per heavy atom. The summed E-state index contributed by atoms with van der Waals surface area (Å²) >= 11 is 1.41. The van der Waals surface area contributed by atoms with Crippen LogP contribution in [0.2, 0.25) is 0 Å². The molecule has 1 aliphatic rings. The fourth-order valence-corrected chi connectivity index (χ4v) is 4.13. The number of carbonyl (C=O) groups is 2. The van der Waals surface area contributed by atoms with Crippen LogP contribution in [0.3, 0.4) is 0 Å². The van der Waals surface area contributed by atoms with Gasteiger partial charge in [-0.25, -0.2) is 14.4 Å². The standard InChI is InChI=1S/C19H19FN6O2S.C2H6/c1-11(27)23-14-2-4-26(10-14)18(28)16-17-15(3-5-29-17)24-19(25-16)22-8-12-6-13(20)9-21-7-12;1-2/h3,5-7,9,14H,2,4,8,10H2,1H3,(H,23,27)(H,22,24,25);1-2H3/t14-;/m1./s1. The summed E-state index contributed by atoms with van der Waals surface area (Å²) in [5.74, 6) is -0.424. The normalized spacial score (nSPS) is 15.4. The van der Waals surface area contributed by atoms with E-state index in [9.17, 15) is 14.0 Å². The number of hydrogen-bond acceptors (Lipinski definition) is 7. The Bertz CT molecular complexity index is 1070. The Hall–Kier alpha value is -3.14. The topological polar surface area (TPSA) is 100 Å². The third kappa shape index (κ3) is 5.52. The van der Waals surface area contributed by atoms with Crippen LogP contribution in [0.15, 0.2) is 29.9 Å². The van der Waals surface area contributed by atoms with Crippen LogP contribution in [0.5, 0.6) is 0 Å². The number of aromatic nitrogens is 3. The summed E-state index contributed by atoms with van der Waals surface area (Å²) in [4.78, 5) is 38.8. The minimum absolute atomic E-state index is 0.0461. The summed E-state index contributed by atoms with van der Waals surface area (Å²) < 4.78 is 14.0. The molecule has 1 atom stereocenters. The number of anilines is 1. The highest BCUT2D eigenvalue weighted by Gasteiger charge is 2.29. The van der Waals surface area contributed by atoms with E-state index < -0.39 is 5.82 Å². The number of likely N-dealkylation sites (tertiary alicyclic amines) is 1. The second-order valence-corrected chi connectivity index (χ2v) is 7.75. The molecule has 3 aromatic heterocycles. The van der Waals surface area contributed by atoms with Crippen LogP contribution < -0.4 is 10.6 Å². The maximum absolute atomic E-state index is 13.3. The van der Waals surface area contributed by atoms with E-state index in [1.165, 1.54) is 24.3 Å². The summed E-state index contributed by atoms with van der Waals surface area (Å²) in [6, 6.07) is 3.16. The van der Waals surface area contributed by atoms with Crippen LogP contribution in [-0.4, -0.2) is 50.8 Å². The third-order valence-corrected chi connectivity index (χ3v) is 5.51. The van der Waals surface area contributed by atoms with E-state index in [1.54, 1.807) is 11.1 Å². The van der Waals surface area contributed by atoms with E-state index in [0.717, 1.165) is 10.9 Å². The lowest BCUT2D eigenvalue weighted by Gasteiger charge is -2.17. The minimum atomic E-state index is -0.419. The fraction of sp³-hybridized carbons (Fsp3) is 0.381. The van der Waals surface area contributed by atoms with E-state index in [1.807, 2.05) is 25.3 Å². The number of nitrogens with one attached hydrogen (secondary N) is 2. The zero-order chi connectivity index (χ0) is 22.4. The molecule has 8 nitrogen and oxygen atoms in total. The molecular formula is C21H25FN6O2S. The molecule has 10 heteroatoms. The number of carbonyl (C=O) groups excluding carboxylic acids is 2. The van der Waals surface area contributed by atoms with Crippen LogP contribution in [0.25, 0.3) is 10.2 Å². The molecule has 0 spiro atoms. The molecule has 4 rings (SSSR count).